The average Bonchev–Trinajstić information content (AvgIpc) is 2.51. The molecule has 0 amide bonds. The zero-order valence-corrected chi connectivity index (χ0v) is 14.2. The number of hydrogen-bond acceptors (Lipinski definition) is 1. The lowest BCUT2D eigenvalue weighted by atomic mass is 10.0. The Bertz CT molecular complexity index is 441. The quantitative estimate of drug-likeness (QED) is 0.239. The number of aryl methyl sites for hydroxylation is 1. The van der Waals surface area contributed by atoms with Crippen LogP contribution in [-0.4, -0.2) is 24.0 Å². The molecule has 1 nitrogen and oxygen atoms in total. The standard InChI is InChI=1S/C18H25F6N/c19-17(20,21)25(18(22,23)24)15-11-6-4-2-1-3-5-8-12-16-13-9-7-10-14-16/h7,9-10,13-14H,1-6,8,11-12,15H2. The molecule has 7 heteroatoms. The Balaban J connectivity index is 2.01. The predicted molar refractivity (Wildman–Crippen MR) is 85.9 cm³/mol. The molecule has 0 N–H and O–H groups in total. The van der Waals surface area contributed by atoms with Gasteiger partial charge in [0.15, 0.2) is 0 Å². The van der Waals surface area contributed by atoms with Crippen molar-refractivity contribution in [3.05, 3.63) is 35.9 Å². The van der Waals surface area contributed by atoms with Gasteiger partial charge in [0.1, 0.15) is 0 Å². The molecule has 1 aromatic carbocycles. The molecule has 0 saturated carbocycles. The van der Waals surface area contributed by atoms with Gasteiger partial charge in [0.25, 0.3) is 0 Å². The third-order valence-electron chi connectivity index (χ3n) is 4.05. The number of nitrogens with zero attached hydrogens (tertiary/aromatic N) is 1. The minimum absolute atomic E-state index is 0.104. The van der Waals surface area contributed by atoms with Crippen molar-refractivity contribution < 1.29 is 26.3 Å². The van der Waals surface area contributed by atoms with Crippen molar-refractivity contribution in [1.82, 2.24) is 4.90 Å². The molecule has 0 heterocycles. The fraction of sp³-hybridized carbons (Fsp3) is 0.667. The van der Waals surface area contributed by atoms with Crippen LogP contribution in [0.2, 0.25) is 0 Å². The summed E-state index contributed by atoms with van der Waals surface area (Å²) in [5, 5.41) is 0. The van der Waals surface area contributed by atoms with Crippen molar-refractivity contribution in [1.29, 1.82) is 0 Å². The second-order valence-corrected chi connectivity index (χ2v) is 6.15. The average molecular weight is 369 g/mol. The summed E-state index contributed by atoms with van der Waals surface area (Å²) < 4.78 is 73.8. The Hall–Kier alpha value is -1.24. The summed E-state index contributed by atoms with van der Waals surface area (Å²) in [6, 6.07) is 10.2. The molecule has 0 saturated heterocycles. The van der Waals surface area contributed by atoms with Crippen LogP contribution >= 0.6 is 0 Å². The van der Waals surface area contributed by atoms with E-state index in [0.29, 0.717) is 12.8 Å². The lowest BCUT2D eigenvalue weighted by Crippen LogP contribution is -2.48. The third kappa shape index (κ3) is 9.72. The molecule has 0 spiro atoms. The molecule has 0 aliphatic rings. The van der Waals surface area contributed by atoms with Gasteiger partial charge in [0.2, 0.25) is 0 Å². The third-order valence-corrected chi connectivity index (χ3v) is 4.05. The van der Waals surface area contributed by atoms with E-state index in [2.05, 4.69) is 12.1 Å². The Kier molecular flexibility index (Phi) is 9.32. The first-order valence-corrected chi connectivity index (χ1v) is 8.66. The topological polar surface area (TPSA) is 3.24 Å². The number of halogens is 6. The Morgan fingerprint density at radius 3 is 1.52 bits per heavy atom. The maximum atomic E-state index is 12.3. The van der Waals surface area contributed by atoms with E-state index < -0.39 is 24.0 Å². The van der Waals surface area contributed by atoms with Crippen LogP contribution in [0, 0.1) is 0 Å². The molecule has 1 aromatic rings. The molecule has 0 bridgehead atoms. The van der Waals surface area contributed by atoms with Gasteiger partial charge in [0, 0.05) is 6.54 Å². The Morgan fingerprint density at radius 2 is 1.04 bits per heavy atom. The molecule has 0 atom stereocenters. The summed E-state index contributed by atoms with van der Waals surface area (Å²) in [4.78, 5) is -1.34. The molecule has 1 rings (SSSR count). The van der Waals surface area contributed by atoms with Gasteiger partial charge in [-0.05, 0) is 24.8 Å². The molecular formula is C18H25F6N. The minimum Gasteiger partial charge on any atom is -0.155 e. The summed E-state index contributed by atoms with van der Waals surface area (Å²) in [5.41, 5.74) is 1.31. The van der Waals surface area contributed by atoms with Crippen LogP contribution in [0.25, 0.3) is 0 Å². The first-order valence-electron chi connectivity index (χ1n) is 8.66. The number of alkyl halides is 6. The second kappa shape index (κ2) is 10.7. The van der Waals surface area contributed by atoms with Crippen molar-refractivity contribution in [2.24, 2.45) is 0 Å². The monoisotopic (exact) mass is 369 g/mol. The van der Waals surface area contributed by atoms with Gasteiger partial charge < -0.3 is 0 Å². The largest absolute Gasteiger partial charge is 0.467 e. The molecule has 144 valence electrons. The fourth-order valence-electron chi connectivity index (χ4n) is 2.70. The van der Waals surface area contributed by atoms with Gasteiger partial charge >= 0.3 is 12.6 Å². The van der Waals surface area contributed by atoms with Gasteiger partial charge in [-0.3, -0.25) is 0 Å². The molecule has 0 aliphatic heterocycles. The Morgan fingerprint density at radius 1 is 0.600 bits per heavy atom. The van der Waals surface area contributed by atoms with Gasteiger partial charge in [-0.2, -0.15) is 26.3 Å². The van der Waals surface area contributed by atoms with Gasteiger partial charge in [0.05, 0.1) is 0 Å². The molecule has 25 heavy (non-hydrogen) atoms. The highest BCUT2D eigenvalue weighted by Crippen LogP contribution is 2.33. The van der Waals surface area contributed by atoms with Crippen LogP contribution in [0.5, 0.6) is 0 Å². The molecule has 0 fully saturated rings. The first-order chi connectivity index (χ1) is 11.7. The smallest absolute Gasteiger partial charge is 0.155 e. The SMILES string of the molecule is FC(F)(F)N(CCCCCCCCCCc1ccccc1)C(F)(F)F. The number of hydrogen-bond donors (Lipinski definition) is 0. The van der Waals surface area contributed by atoms with Crippen LogP contribution in [0.1, 0.15) is 56.9 Å². The fourth-order valence-corrected chi connectivity index (χ4v) is 2.70. The first kappa shape index (κ1) is 21.8. The molecular weight excluding hydrogens is 344 g/mol. The van der Waals surface area contributed by atoms with Crippen LogP contribution in [0.15, 0.2) is 30.3 Å². The zero-order valence-electron chi connectivity index (χ0n) is 14.2. The summed E-state index contributed by atoms with van der Waals surface area (Å²) >= 11 is 0. The van der Waals surface area contributed by atoms with Crippen LogP contribution in [0.4, 0.5) is 26.3 Å². The highest BCUT2D eigenvalue weighted by atomic mass is 19.4. The van der Waals surface area contributed by atoms with E-state index in [-0.39, 0.29) is 6.42 Å². The van der Waals surface area contributed by atoms with E-state index in [4.69, 9.17) is 0 Å². The normalized spacial score (nSPS) is 12.8. The van der Waals surface area contributed by atoms with Crippen molar-refractivity contribution in [3.63, 3.8) is 0 Å². The lowest BCUT2D eigenvalue weighted by molar-refractivity contribution is -0.372. The van der Waals surface area contributed by atoms with Gasteiger partial charge in [-0.15, -0.1) is 4.90 Å². The second-order valence-electron chi connectivity index (χ2n) is 6.15. The van der Waals surface area contributed by atoms with Crippen molar-refractivity contribution in [2.75, 3.05) is 6.54 Å². The molecule has 0 radical (unpaired) electrons. The minimum atomic E-state index is -5.36. The molecule has 0 aromatic heterocycles. The van der Waals surface area contributed by atoms with Gasteiger partial charge in [-0.1, -0.05) is 68.9 Å². The summed E-state index contributed by atoms with van der Waals surface area (Å²) in [7, 11) is 0. The molecule has 0 unspecified atom stereocenters. The van der Waals surface area contributed by atoms with E-state index in [0.717, 1.165) is 38.5 Å². The van der Waals surface area contributed by atoms with E-state index in [9.17, 15) is 26.3 Å². The van der Waals surface area contributed by atoms with Crippen LogP contribution in [-0.2, 0) is 6.42 Å². The maximum absolute atomic E-state index is 12.3. The van der Waals surface area contributed by atoms with Gasteiger partial charge in [-0.25, -0.2) is 0 Å². The summed E-state index contributed by atoms with van der Waals surface area (Å²) in [6.07, 6.45) is -3.70. The maximum Gasteiger partial charge on any atom is 0.467 e. The predicted octanol–water partition coefficient (Wildman–Crippen LogP) is 6.69. The van der Waals surface area contributed by atoms with Crippen molar-refractivity contribution in [3.8, 4) is 0 Å². The Labute approximate surface area is 145 Å². The van der Waals surface area contributed by atoms with E-state index in [1.54, 1.807) is 0 Å². The number of unbranched alkanes of at least 4 members (excludes halogenated alkanes) is 7. The van der Waals surface area contributed by atoms with E-state index >= 15 is 0 Å². The summed E-state index contributed by atoms with van der Waals surface area (Å²) in [6.45, 7) is -1.02. The van der Waals surface area contributed by atoms with Crippen LogP contribution in [0.3, 0.4) is 0 Å². The van der Waals surface area contributed by atoms with Crippen molar-refractivity contribution >= 4 is 0 Å². The van der Waals surface area contributed by atoms with E-state index in [1.165, 1.54) is 5.56 Å². The summed E-state index contributed by atoms with van der Waals surface area (Å²) in [5.74, 6) is 0. The number of rotatable bonds is 11. The molecule has 0 aliphatic carbocycles. The highest BCUT2D eigenvalue weighted by Gasteiger charge is 2.53. The van der Waals surface area contributed by atoms with Crippen LogP contribution < -0.4 is 0 Å². The zero-order chi connectivity index (χ0) is 18.8. The van der Waals surface area contributed by atoms with Crippen molar-refractivity contribution in [2.45, 2.75) is 70.4 Å². The van der Waals surface area contributed by atoms with E-state index in [1.807, 2.05) is 18.2 Å². The number of benzene rings is 1. The lowest BCUT2D eigenvalue weighted by Gasteiger charge is -2.26. The highest BCUT2D eigenvalue weighted by molar-refractivity contribution is 5.14.